The van der Waals surface area contributed by atoms with Gasteiger partial charge in [-0.2, -0.15) is 4.98 Å². The normalized spacial score (nSPS) is 12.3. The van der Waals surface area contributed by atoms with E-state index in [2.05, 4.69) is 27.5 Å². The van der Waals surface area contributed by atoms with Gasteiger partial charge in [0.2, 0.25) is 5.95 Å². The molecule has 1 unspecified atom stereocenters. The molecule has 0 aliphatic rings. The predicted molar refractivity (Wildman–Crippen MR) is 84.6 cm³/mol. The zero-order valence-electron chi connectivity index (χ0n) is 12.1. The summed E-state index contributed by atoms with van der Waals surface area (Å²) >= 11 is 0. The molecule has 3 rings (SSSR count). The summed E-state index contributed by atoms with van der Waals surface area (Å²) in [6.45, 7) is 2.11. The van der Waals surface area contributed by atoms with Crippen LogP contribution in [-0.4, -0.2) is 23.1 Å². The van der Waals surface area contributed by atoms with Crippen molar-refractivity contribution in [2.24, 2.45) is 0 Å². The molecule has 0 radical (unpaired) electrons. The highest BCUT2D eigenvalue weighted by Crippen LogP contribution is 2.22. The van der Waals surface area contributed by atoms with Gasteiger partial charge in [0.25, 0.3) is 0 Å². The molecule has 2 heterocycles. The van der Waals surface area contributed by atoms with Crippen molar-refractivity contribution in [3.63, 3.8) is 0 Å². The molecular formula is C16H18N4O. The van der Waals surface area contributed by atoms with Gasteiger partial charge < -0.3 is 15.1 Å². The number of rotatable bonds is 5. The number of aromatic nitrogens is 2. The fourth-order valence-corrected chi connectivity index (χ4v) is 2.31. The molecule has 0 spiro atoms. The second kappa shape index (κ2) is 5.83. The van der Waals surface area contributed by atoms with Crippen LogP contribution in [0, 0.1) is 0 Å². The molecule has 1 aromatic carbocycles. The van der Waals surface area contributed by atoms with E-state index in [9.17, 15) is 0 Å². The van der Waals surface area contributed by atoms with E-state index < -0.39 is 0 Å². The molecule has 3 aromatic rings. The number of hydrogen-bond donors (Lipinski definition) is 2. The lowest BCUT2D eigenvalue weighted by atomic mass is 10.2. The van der Waals surface area contributed by atoms with Crippen LogP contribution in [0.3, 0.4) is 0 Å². The van der Waals surface area contributed by atoms with Crippen molar-refractivity contribution in [2.45, 2.75) is 19.4 Å². The molecule has 1 atom stereocenters. The van der Waals surface area contributed by atoms with Crippen molar-refractivity contribution in [2.75, 3.05) is 17.7 Å². The molecule has 5 nitrogen and oxygen atoms in total. The molecule has 2 N–H and O–H groups in total. The number of furan rings is 1. The van der Waals surface area contributed by atoms with Crippen LogP contribution >= 0.6 is 0 Å². The average molecular weight is 282 g/mol. The lowest BCUT2D eigenvalue weighted by Crippen LogP contribution is -2.19. The maximum absolute atomic E-state index is 5.39. The summed E-state index contributed by atoms with van der Waals surface area (Å²) < 4.78 is 5.39. The van der Waals surface area contributed by atoms with Gasteiger partial charge in [-0.3, -0.25) is 0 Å². The van der Waals surface area contributed by atoms with Crippen LogP contribution in [0.5, 0.6) is 0 Å². The molecule has 0 aliphatic heterocycles. The van der Waals surface area contributed by atoms with E-state index in [1.165, 1.54) is 0 Å². The van der Waals surface area contributed by atoms with Crippen LogP contribution in [0.4, 0.5) is 11.8 Å². The van der Waals surface area contributed by atoms with Gasteiger partial charge in [0.05, 0.1) is 11.8 Å². The predicted octanol–water partition coefficient (Wildman–Crippen LogP) is 3.31. The first-order chi connectivity index (χ1) is 10.3. The van der Waals surface area contributed by atoms with E-state index in [1.54, 1.807) is 6.26 Å². The zero-order valence-corrected chi connectivity index (χ0v) is 12.1. The number of fused-ring (bicyclic) bond motifs is 1. The van der Waals surface area contributed by atoms with Gasteiger partial charge in [-0.1, -0.05) is 12.1 Å². The molecular weight excluding hydrogens is 264 g/mol. The molecule has 0 aliphatic carbocycles. The molecule has 5 heteroatoms. The quantitative estimate of drug-likeness (QED) is 0.751. The highest BCUT2D eigenvalue weighted by Gasteiger charge is 2.11. The molecule has 108 valence electrons. The second-order valence-corrected chi connectivity index (χ2v) is 4.99. The molecule has 0 amide bonds. The molecule has 0 bridgehead atoms. The van der Waals surface area contributed by atoms with E-state index >= 15 is 0 Å². The first-order valence-electron chi connectivity index (χ1n) is 6.99. The van der Waals surface area contributed by atoms with Gasteiger partial charge >= 0.3 is 0 Å². The van der Waals surface area contributed by atoms with Crippen molar-refractivity contribution >= 4 is 22.7 Å². The number of anilines is 2. The third-order valence-electron chi connectivity index (χ3n) is 3.30. The van der Waals surface area contributed by atoms with Crippen LogP contribution < -0.4 is 10.6 Å². The van der Waals surface area contributed by atoms with Crippen molar-refractivity contribution in [3.05, 3.63) is 48.4 Å². The summed E-state index contributed by atoms with van der Waals surface area (Å²) in [5.41, 5.74) is 0.921. The fraction of sp³-hybridized carbons (Fsp3) is 0.250. The van der Waals surface area contributed by atoms with Gasteiger partial charge in [-0.15, -0.1) is 0 Å². The van der Waals surface area contributed by atoms with Gasteiger partial charge in [0.15, 0.2) is 0 Å². The maximum atomic E-state index is 5.39. The number of para-hydroxylation sites is 1. The van der Waals surface area contributed by atoms with Crippen LogP contribution in [-0.2, 0) is 6.42 Å². The minimum Gasteiger partial charge on any atom is -0.469 e. The highest BCUT2D eigenvalue weighted by atomic mass is 16.3. The van der Waals surface area contributed by atoms with Crippen LogP contribution in [0.25, 0.3) is 10.9 Å². The Morgan fingerprint density at radius 1 is 1.14 bits per heavy atom. The summed E-state index contributed by atoms with van der Waals surface area (Å²) in [5, 5.41) is 7.46. The molecule has 21 heavy (non-hydrogen) atoms. The topological polar surface area (TPSA) is 63.0 Å². The van der Waals surface area contributed by atoms with Gasteiger partial charge in [0.1, 0.15) is 11.6 Å². The van der Waals surface area contributed by atoms with Crippen molar-refractivity contribution in [1.29, 1.82) is 0 Å². The Bertz CT molecular complexity index is 724. The Kier molecular flexibility index (Phi) is 3.73. The minimum absolute atomic E-state index is 0.208. The summed E-state index contributed by atoms with van der Waals surface area (Å²) in [5.74, 6) is 2.41. The van der Waals surface area contributed by atoms with E-state index in [0.717, 1.165) is 28.9 Å². The first kappa shape index (κ1) is 13.4. The van der Waals surface area contributed by atoms with Crippen LogP contribution in [0.15, 0.2) is 47.1 Å². The smallest absolute Gasteiger partial charge is 0.224 e. The van der Waals surface area contributed by atoms with Gasteiger partial charge in [-0.25, -0.2) is 4.98 Å². The largest absolute Gasteiger partial charge is 0.469 e. The Labute approximate surface area is 123 Å². The summed E-state index contributed by atoms with van der Waals surface area (Å²) in [6, 6.07) is 12.1. The Morgan fingerprint density at radius 2 is 2.00 bits per heavy atom. The number of nitrogens with zero attached hydrogens (tertiary/aromatic N) is 2. The standard InChI is InChI=1S/C16H18N4O/c1-11(10-12-6-5-9-21-12)18-15-13-7-3-4-8-14(13)19-16(17-2)20-15/h3-9,11H,10H2,1-2H3,(H2,17,18,19,20). The summed E-state index contributed by atoms with van der Waals surface area (Å²) in [6.07, 6.45) is 2.50. The number of nitrogens with one attached hydrogen (secondary N) is 2. The summed E-state index contributed by atoms with van der Waals surface area (Å²) in [7, 11) is 1.82. The fourth-order valence-electron chi connectivity index (χ4n) is 2.31. The van der Waals surface area contributed by atoms with Gasteiger partial charge in [-0.05, 0) is 31.2 Å². The Hall–Kier alpha value is -2.56. The van der Waals surface area contributed by atoms with E-state index in [-0.39, 0.29) is 6.04 Å². The van der Waals surface area contributed by atoms with E-state index in [0.29, 0.717) is 5.95 Å². The molecule has 0 saturated heterocycles. The van der Waals surface area contributed by atoms with Gasteiger partial charge in [0, 0.05) is 24.9 Å². The average Bonchev–Trinajstić information content (AvgIpc) is 2.99. The SMILES string of the molecule is CNc1nc(NC(C)Cc2ccco2)c2ccccc2n1. The van der Waals surface area contributed by atoms with Crippen molar-refractivity contribution in [3.8, 4) is 0 Å². The van der Waals surface area contributed by atoms with E-state index in [1.807, 2.05) is 43.4 Å². The zero-order chi connectivity index (χ0) is 14.7. The van der Waals surface area contributed by atoms with Crippen LogP contribution in [0.2, 0.25) is 0 Å². The Balaban J connectivity index is 1.88. The second-order valence-electron chi connectivity index (χ2n) is 4.99. The monoisotopic (exact) mass is 282 g/mol. The summed E-state index contributed by atoms with van der Waals surface area (Å²) in [4.78, 5) is 8.98. The van der Waals surface area contributed by atoms with E-state index in [4.69, 9.17) is 4.42 Å². The highest BCUT2D eigenvalue weighted by molar-refractivity contribution is 5.90. The first-order valence-corrected chi connectivity index (χ1v) is 6.99. The van der Waals surface area contributed by atoms with Crippen LogP contribution in [0.1, 0.15) is 12.7 Å². The third-order valence-corrected chi connectivity index (χ3v) is 3.30. The van der Waals surface area contributed by atoms with Crippen molar-refractivity contribution < 1.29 is 4.42 Å². The molecule has 0 fully saturated rings. The lowest BCUT2D eigenvalue weighted by molar-refractivity contribution is 0.497. The molecule has 2 aromatic heterocycles. The number of benzene rings is 1. The number of hydrogen-bond acceptors (Lipinski definition) is 5. The Morgan fingerprint density at radius 3 is 2.76 bits per heavy atom. The molecule has 0 saturated carbocycles. The maximum Gasteiger partial charge on any atom is 0.224 e. The van der Waals surface area contributed by atoms with Crippen molar-refractivity contribution in [1.82, 2.24) is 9.97 Å². The lowest BCUT2D eigenvalue weighted by Gasteiger charge is -2.15. The third kappa shape index (κ3) is 2.97. The minimum atomic E-state index is 0.208.